The lowest BCUT2D eigenvalue weighted by molar-refractivity contribution is -0.144. The SMILES string of the molecule is C=CCS(=O)(=O)N[C@@H](CCC(=O)OCC)C(=O)O. The van der Waals surface area contributed by atoms with E-state index in [1.54, 1.807) is 6.92 Å². The zero-order chi connectivity index (χ0) is 14.2. The topological polar surface area (TPSA) is 110 Å². The third kappa shape index (κ3) is 7.02. The maximum atomic E-state index is 11.4. The lowest BCUT2D eigenvalue weighted by Crippen LogP contribution is -2.41. The molecular weight excluding hydrogens is 262 g/mol. The maximum Gasteiger partial charge on any atom is 0.321 e. The fourth-order valence-electron chi connectivity index (χ4n) is 1.15. The number of carbonyl (C=O) groups excluding carboxylic acids is 1. The predicted octanol–water partition coefficient (Wildman–Crippen LogP) is -0.112. The first-order valence-electron chi connectivity index (χ1n) is 5.31. The molecule has 0 radical (unpaired) electrons. The van der Waals surface area contributed by atoms with Crippen molar-refractivity contribution < 1.29 is 27.9 Å². The number of hydrogen-bond donors (Lipinski definition) is 2. The summed E-state index contributed by atoms with van der Waals surface area (Å²) in [5, 5.41) is 8.84. The highest BCUT2D eigenvalue weighted by atomic mass is 32.2. The minimum Gasteiger partial charge on any atom is -0.480 e. The normalized spacial score (nSPS) is 12.7. The molecule has 1 atom stereocenters. The second-order valence-corrected chi connectivity index (χ2v) is 5.22. The minimum absolute atomic E-state index is 0.162. The van der Waals surface area contributed by atoms with Crippen LogP contribution in [0.1, 0.15) is 19.8 Å². The number of carboxylic acids is 1. The van der Waals surface area contributed by atoms with Crippen LogP contribution in [0, 0.1) is 0 Å². The molecule has 0 spiro atoms. The number of carbonyl (C=O) groups is 2. The molecule has 0 fully saturated rings. The van der Waals surface area contributed by atoms with Gasteiger partial charge in [-0.2, -0.15) is 0 Å². The summed E-state index contributed by atoms with van der Waals surface area (Å²) >= 11 is 0. The van der Waals surface area contributed by atoms with Crippen molar-refractivity contribution in [3.63, 3.8) is 0 Å². The molecule has 2 N–H and O–H groups in total. The van der Waals surface area contributed by atoms with Gasteiger partial charge in [-0.25, -0.2) is 13.1 Å². The highest BCUT2D eigenvalue weighted by molar-refractivity contribution is 7.89. The van der Waals surface area contributed by atoms with E-state index < -0.39 is 28.0 Å². The summed E-state index contributed by atoms with van der Waals surface area (Å²) in [7, 11) is -3.74. The third-order valence-corrected chi connectivity index (χ3v) is 3.22. The Hall–Kier alpha value is -1.41. The fourth-order valence-corrected chi connectivity index (χ4v) is 2.21. The number of ether oxygens (including phenoxy) is 1. The van der Waals surface area contributed by atoms with Crippen LogP contribution in [0.4, 0.5) is 0 Å². The summed E-state index contributed by atoms with van der Waals surface area (Å²) < 4.78 is 29.3. The maximum absolute atomic E-state index is 11.4. The van der Waals surface area contributed by atoms with Gasteiger partial charge in [-0.1, -0.05) is 6.08 Å². The van der Waals surface area contributed by atoms with Crippen molar-refractivity contribution >= 4 is 22.0 Å². The summed E-state index contributed by atoms with van der Waals surface area (Å²) in [6.45, 7) is 5.07. The van der Waals surface area contributed by atoms with Gasteiger partial charge in [0.2, 0.25) is 10.0 Å². The number of sulfonamides is 1. The van der Waals surface area contributed by atoms with Gasteiger partial charge in [-0.15, -0.1) is 6.58 Å². The van der Waals surface area contributed by atoms with Crippen LogP contribution in [0.3, 0.4) is 0 Å². The quantitative estimate of drug-likeness (QED) is 0.450. The van der Waals surface area contributed by atoms with Crippen molar-refractivity contribution in [1.82, 2.24) is 4.72 Å². The summed E-state index contributed by atoms with van der Waals surface area (Å²) in [4.78, 5) is 21.9. The molecule has 0 aromatic rings. The van der Waals surface area contributed by atoms with Gasteiger partial charge in [0.25, 0.3) is 0 Å². The van der Waals surface area contributed by atoms with E-state index in [1.807, 2.05) is 4.72 Å². The molecule has 0 aliphatic heterocycles. The lowest BCUT2D eigenvalue weighted by Gasteiger charge is -2.13. The highest BCUT2D eigenvalue weighted by Gasteiger charge is 2.24. The van der Waals surface area contributed by atoms with Crippen molar-refractivity contribution in [3.05, 3.63) is 12.7 Å². The average Bonchev–Trinajstić information content (AvgIpc) is 2.24. The third-order valence-electron chi connectivity index (χ3n) is 1.90. The van der Waals surface area contributed by atoms with Gasteiger partial charge in [0.1, 0.15) is 6.04 Å². The molecule has 0 rings (SSSR count). The summed E-state index contributed by atoms with van der Waals surface area (Å²) in [6, 6.07) is -1.35. The molecule has 0 aromatic heterocycles. The molecule has 8 heteroatoms. The molecule has 7 nitrogen and oxygen atoms in total. The van der Waals surface area contributed by atoms with Gasteiger partial charge in [-0.3, -0.25) is 9.59 Å². The van der Waals surface area contributed by atoms with E-state index >= 15 is 0 Å². The van der Waals surface area contributed by atoms with E-state index in [4.69, 9.17) is 5.11 Å². The van der Waals surface area contributed by atoms with Crippen LogP contribution in [-0.2, 0) is 24.3 Å². The van der Waals surface area contributed by atoms with E-state index in [0.717, 1.165) is 6.08 Å². The molecular formula is C10H17NO6S. The summed E-state index contributed by atoms with van der Waals surface area (Å²) in [5.74, 6) is -2.28. The summed E-state index contributed by atoms with van der Waals surface area (Å²) in [6.07, 6.45) is 0.818. The lowest BCUT2D eigenvalue weighted by atomic mass is 10.2. The largest absolute Gasteiger partial charge is 0.480 e. The smallest absolute Gasteiger partial charge is 0.321 e. The van der Waals surface area contributed by atoms with Gasteiger partial charge in [0.15, 0.2) is 0 Å². The van der Waals surface area contributed by atoms with Crippen LogP contribution in [-0.4, -0.2) is 43.9 Å². The zero-order valence-electron chi connectivity index (χ0n) is 10.1. The Morgan fingerprint density at radius 1 is 1.50 bits per heavy atom. The number of nitrogens with one attached hydrogen (secondary N) is 1. The number of esters is 1. The zero-order valence-corrected chi connectivity index (χ0v) is 10.9. The number of rotatable bonds is 9. The fraction of sp³-hybridized carbons (Fsp3) is 0.600. The predicted molar refractivity (Wildman–Crippen MR) is 64.4 cm³/mol. The minimum atomic E-state index is -3.74. The molecule has 0 aromatic carbocycles. The van der Waals surface area contributed by atoms with Crippen molar-refractivity contribution in [3.8, 4) is 0 Å². The van der Waals surface area contributed by atoms with Crippen LogP contribution in [0.2, 0.25) is 0 Å². The van der Waals surface area contributed by atoms with E-state index in [1.165, 1.54) is 0 Å². The van der Waals surface area contributed by atoms with Crippen molar-refractivity contribution in [2.75, 3.05) is 12.4 Å². The van der Waals surface area contributed by atoms with Crippen LogP contribution < -0.4 is 4.72 Å². The molecule has 104 valence electrons. The Kier molecular flexibility index (Phi) is 7.21. The Morgan fingerprint density at radius 3 is 2.56 bits per heavy atom. The Labute approximate surface area is 106 Å². The number of hydrogen-bond acceptors (Lipinski definition) is 5. The number of aliphatic carboxylic acids is 1. The van der Waals surface area contributed by atoms with Crippen molar-refractivity contribution in [2.24, 2.45) is 0 Å². The molecule has 0 unspecified atom stereocenters. The molecule has 0 bridgehead atoms. The molecule has 18 heavy (non-hydrogen) atoms. The molecule has 0 heterocycles. The highest BCUT2D eigenvalue weighted by Crippen LogP contribution is 2.02. The average molecular weight is 279 g/mol. The standard InChI is InChI=1S/C10H17NO6S/c1-3-7-18(15,16)11-8(10(13)14)5-6-9(12)17-4-2/h3,8,11H,1,4-7H2,2H3,(H,13,14)/t8-/m0/s1. The van der Waals surface area contributed by atoms with Gasteiger partial charge < -0.3 is 9.84 Å². The second kappa shape index (κ2) is 7.83. The van der Waals surface area contributed by atoms with Gasteiger partial charge in [0.05, 0.1) is 12.4 Å². The van der Waals surface area contributed by atoms with E-state index in [0.29, 0.717) is 0 Å². The molecule has 0 saturated carbocycles. The first kappa shape index (κ1) is 16.6. The van der Waals surface area contributed by atoms with Gasteiger partial charge in [-0.05, 0) is 13.3 Å². The van der Waals surface area contributed by atoms with E-state index in [9.17, 15) is 18.0 Å². The van der Waals surface area contributed by atoms with Gasteiger partial charge in [0, 0.05) is 6.42 Å². The Balaban J connectivity index is 4.46. The molecule has 0 aliphatic carbocycles. The van der Waals surface area contributed by atoms with Gasteiger partial charge >= 0.3 is 11.9 Å². The Bertz CT molecular complexity index is 403. The monoisotopic (exact) mass is 279 g/mol. The molecule has 0 saturated heterocycles. The second-order valence-electron chi connectivity index (χ2n) is 3.42. The first-order chi connectivity index (χ1) is 8.32. The van der Waals surface area contributed by atoms with E-state index in [-0.39, 0.29) is 25.2 Å². The summed E-state index contributed by atoms with van der Waals surface area (Å²) in [5.41, 5.74) is 0. The van der Waals surface area contributed by atoms with E-state index in [2.05, 4.69) is 11.3 Å². The van der Waals surface area contributed by atoms with Crippen LogP contribution >= 0.6 is 0 Å². The first-order valence-corrected chi connectivity index (χ1v) is 6.97. The van der Waals surface area contributed by atoms with Crippen LogP contribution in [0.5, 0.6) is 0 Å². The van der Waals surface area contributed by atoms with Crippen molar-refractivity contribution in [2.45, 2.75) is 25.8 Å². The van der Waals surface area contributed by atoms with Crippen molar-refractivity contribution in [1.29, 1.82) is 0 Å². The van der Waals surface area contributed by atoms with Crippen LogP contribution in [0.25, 0.3) is 0 Å². The number of carboxylic acid groups (broad SMARTS) is 1. The van der Waals surface area contributed by atoms with Crippen LogP contribution in [0.15, 0.2) is 12.7 Å². The molecule has 0 amide bonds. The molecule has 0 aliphatic rings. The Morgan fingerprint density at radius 2 is 2.11 bits per heavy atom.